The van der Waals surface area contributed by atoms with Crippen LogP contribution in [-0.2, 0) is 25.1 Å². The van der Waals surface area contributed by atoms with Crippen molar-refractivity contribution < 1.29 is 29.6 Å². The number of aryl methyl sites for hydroxylation is 1. The summed E-state index contributed by atoms with van der Waals surface area (Å²) in [6.07, 6.45) is 1.35. The molecule has 0 amide bonds. The molecule has 2 heterocycles. The van der Waals surface area contributed by atoms with Gasteiger partial charge in [-0.3, -0.25) is 0 Å². The van der Waals surface area contributed by atoms with Crippen LogP contribution in [0.5, 0.6) is 5.75 Å². The number of hydrogen-bond acceptors (Lipinski definition) is 5. The van der Waals surface area contributed by atoms with E-state index in [0.717, 1.165) is 11.3 Å². The zero-order valence-electron chi connectivity index (χ0n) is 10.7. The number of rotatable bonds is 2. The second-order valence-corrected chi connectivity index (χ2v) is 3.18. The Hall–Kier alpha value is -1.30. The Labute approximate surface area is 120 Å². The quantitative estimate of drug-likeness (QED) is 0.886. The van der Waals surface area contributed by atoms with Gasteiger partial charge in [0.2, 0.25) is 0 Å². The Morgan fingerprint density at radius 1 is 1.39 bits per heavy atom. The van der Waals surface area contributed by atoms with Gasteiger partial charge in [0.05, 0.1) is 11.9 Å². The van der Waals surface area contributed by atoms with E-state index < -0.39 is 0 Å². The van der Waals surface area contributed by atoms with Gasteiger partial charge in [-0.2, -0.15) is 0 Å². The maximum atomic E-state index is 9.10. The van der Waals surface area contributed by atoms with Gasteiger partial charge in [-0.25, -0.2) is 4.98 Å². The van der Waals surface area contributed by atoms with Crippen LogP contribution in [0.15, 0.2) is 22.9 Å². The van der Waals surface area contributed by atoms with Crippen LogP contribution in [0.3, 0.4) is 0 Å². The molecule has 0 saturated carbocycles. The SMILES string of the molecule is CC.Cc1noc(-c2ccc(O)cn2)c1CN.[HH].[V]. The Morgan fingerprint density at radius 2 is 2.06 bits per heavy atom. The Morgan fingerprint density at radius 3 is 2.56 bits per heavy atom. The number of nitrogens with two attached hydrogens (primary N) is 1. The molecule has 0 unspecified atom stereocenters. The van der Waals surface area contributed by atoms with E-state index in [1.165, 1.54) is 6.20 Å². The standard InChI is InChI=1S/C10H11N3O2.C2H6.V.H2/c1-6-8(4-11)10(15-13-6)9-3-2-7(14)5-12-9;1-2;;/h2-3,5,14H,4,11H2,1H3;1-2H3;;1H. The van der Waals surface area contributed by atoms with Crippen molar-refractivity contribution in [3.63, 3.8) is 0 Å². The largest absolute Gasteiger partial charge is 0.506 e. The second kappa shape index (κ2) is 7.92. The van der Waals surface area contributed by atoms with Crippen LogP contribution in [0.2, 0.25) is 0 Å². The van der Waals surface area contributed by atoms with Gasteiger partial charge in [-0.15, -0.1) is 0 Å². The van der Waals surface area contributed by atoms with Crippen LogP contribution in [0.25, 0.3) is 11.5 Å². The zero-order valence-corrected chi connectivity index (χ0v) is 12.1. The van der Waals surface area contributed by atoms with Crippen molar-refractivity contribution in [1.82, 2.24) is 10.1 Å². The van der Waals surface area contributed by atoms with Crippen LogP contribution in [-0.4, -0.2) is 15.2 Å². The summed E-state index contributed by atoms with van der Waals surface area (Å²) < 4.78 is 5.14. The van der Waals surface area contributed by atoms with Crippen LogP contribution in [0.1, 0.15) is 26.5 Å². The molecule has 6 heteroatoms. The fraction of sp³-hybridized carbons (Fsp3) is 0.333. The van der Waals surface area contributed by atoms with Crippen molar-refractivity contribution in [1.29, 1.82) is 0 Å². The van der Waals surface area contributed by atoms with Crippen molar-refractivity contribution in [2.75, 3.05) is 0 Å². The van der Waals surface area contributed by atoms with Gasteiger partial charge < -0.3 is 15.4 Å². The van der Waals surface area contributed by atoms with Crippen molar-refractivity contribution >= 4 is 0 Å². The third-order valence-corrected chi connectivity index (χ3v) is 2.17. The molecule has 0 aliphatic carbocycles. The van der Waals surface area contributed by atoms with Crippen molar-refractivity contribution in [3.8, 4) is 17.2 Å². The number of hydrogen-bond donors (Lipinski definition) is 2. The van der Waals surface area contributed by atoms with Crippen molar-refractivity contribution in [3.05, 3.63) is 29.6 Å². The summed E-state index contributed by atoms with van der Waals surface area (Å²) >= 11 is 0. The van der Waals surface area contributed by atoms with Crippen molar-refractivity contribution in [2.24, 2.45) is 5.73 Å². The molecule has 99 valence electrons. The average Bonchev–Trinajstić information content (AvgIpc) is 2.74. The monoisotopic (exact) mass is 288 g/mol. The van der Waals surface area contributed by atoms with E-state index in [4.69, 9.17) is 15.4 Å². The first-order chi connectivity index (χ1) is 8.22. The first kappa shape index (κ1) is 16.7. The van der Waals surface area contributed by atoms with Gasteiger partial charge in [0.1, 0.15) is 11.4 Å². The first-order valence-electron chi connectivity index (χ1n) is 5.53. The molecule has 3 N–H and O–H groups in total. The fourth-order valence-electron chi connectivity index (χ4n) is 1.35. The van der Waals surface area contributed by atoms with E-state index in [1.54, 1.807) is 12.1 Å². The van der Waals surface area contributed by atoms with E-state index in [-0.39, 0.29) is 25.7 Å². The Kier molecular flexibility index (Phi) is 7.35. The smallest absolute Gasteiger partial charge is 0.189 e. The minimum atomic E-state index is 0. The zero-order chi connectivity index (χ0) is 12.8. The third-order valence-electron chi connectivity index (χ3n) is 2.17. The van der Waals surface area contributed by atoms with Gasteiger partial charge in [-0.05, 0) is 19.1 Å². The summed E-state index contributed by atoms with van der Waals surface area (Å²) in [6.45, 7) is 6.18. The van der Waals surface area contributed by atoms with E-state index >= 15 is 0 Å². The summed E-state index contributed by atoms with van der Waals surface area (Å²) in [5, 5.41) is 12.9. The maximum Gasteiger partial charge on any atom is 0.189 e. The molecule has 18 heavy (non-hydrogen) atoms. The number of pyridine rings is 1. The van der Waals surface area contributed by atoms with Gasteiger partial charge >= 0.3 is 0 Å². The molecule has 2 aromatic heterocycles. The van der Waals surface area contributed by atoms with E-state index in [2.05, 4.69) is 10.1 Å². The fourth-order valence-corrected chi connectivity index (χ4v) is 1.35. The van der Waals surface area contributed by atoms with E-state index in [9.17, 15) is 0 Å². The maximum absolute atomic E-state index is 9.10. The number of aromatic nitrogens is 2. The molecular weight excluding hydrogens is 269 g/mol. The molecule has 0 spiro atoms. The molecular formula is C12H19N3O2V. The minimum Gasteiger partial charge on any atom is -0.506 e. The minimum absolute atomic E-state index is 0. The Bertz CT molecular complexity index is 474. The second-order valence-electron chi connectivity index (χ2n) is 3.18. The van der Waals surface area contributed by atoms with Gasteiger partial charge in [0, 0.05) is 32.1 Å². The van der Waals surface area contributed by atoms with Gasteiger partial charge in [0.25, 0.3) is 0 Å². The van der Waals surface area contributed by atoms with Gasteiger partial charge in [0.15, 0.2) is 5.76 Å². The first-order valence-corrected chi connectivity index (χ1v) is 5.53. The topological polar surface area (TPSA) is 85.2 Å². The van der Waals surface area contributed by atoms with Gasteiger partial charge in [-0.1, -0.05) is 19.0 Å². The van der Waals surface area contributed by atoms with Crippen molar-refractivity contribution in [2.45, 2.75) is 27.3 Å². The molecule has 0 saturated heterocycles. The number of aromatic hydroxyl groups is 1. The van der Waals surface area contributed by atoms with Crippen LogP contribution in [0, 0.1) is 6.92 Å². The molecule has 5 nitrogen and oxygen atoms in total. The third kappa shape index (κ3) is 3.60. The predicted molar refractivity (Wildman–Crippen MR) is 67.5 cm³/mol. The molecule has 0 atom stereocenters. The average molecular weight is 288 g/mol. The summed E-state index contributed by atoms with van der Waals surface area (Å²) in [5.41, 5.74) is 7.81. The van der Waals surface area contributed by atoms with E-state index in [0.29, 0.717) is 18.0 Å². The molecule has 2 aromatic rings. The molecule has 0 aliphatic rings. The normalized spacial score (nSPS) is 9.11. The molecule has 1 radical (unpaired) electrons. The summed E-state index contributed by atoms with van der Waals surface area (Å²) in [4.78, 5) is 4.03. The molecule has 0 bridgehead atoms. The van der Waals surface area contributed by atoms with E-state index in [1.807, 2.05) is 20.8 Å². The number of nitrogens with zero attached hydrogens (tertiary/aromatic N) is 2. The molecule has 0 fully saturated rings. The molecule has 0 aliphatic heterocycles. The summed E-state index contributed by atoms with van der Waals surface area (Å²) in [6, 6.07) is 3.20. The summed E-state index contributed by atoms with van der Waals surface area (Å²) in [7, 11) is 0. The Balaban J connectivity index is 0. The molecule has 0 aromatic carbocycles. The van der Waals surface area contributed by atoms with Crippen LogP contribution < -0.4 is 5.73 Å². The predicted octanol–water partition coefficient (Wildman–Crippen LogP) is 2.48. The van der Waals surface area contributed by atoms with Crippen LogP contribution in [0.4, 0.5) is 0 Å². The molecule has 2 rings (SSSR count). The van der Waals surface area contributed by atoms with Crippen LogP contribution >= 0.6 is 0 Å². The summed E-state index contributed by atoms with van der Waals surface area (Å²) in [5.74, 6) is 0.680.